The van der Waals surface area contributed by atoms with Crippen LogP contribution in [-0.2, 0) is 11.3 Å². The van der Waals surface area contributed by atoms with Gasteiger partial charge in [0.2, 0.25) is 0 Å². The molecule has 1 N–H and O–H groups in total. The Kier molecular flexibility index (Phi) is 6.41. The topological polar surface area (TPSA) is 79.3 Å². The van der Waals surface area contributed by atoms with E-state index in [1.807, 2.05) is 47.4 Å². The normalized spacial score (nSPS) is 12.9. The van der Waals surface area contributed by atoms with E-state index in [2.05, 4.69) is 0 Å². The summed E-state index contributed by atoms with van der Waals surface area (Å²) in [5.74, 6) is 0.729. The first-order chi connectivity index (χ1) is 14.2. The lowest BCUT2D eigenvalue weighted by Gasteiger charge is -2.28. The molecule has 3 rings (SSSR count). The van der Waals surface area contributed by atoms with E-state index in [-0.39, 0.29) is 6.54 Å². The van der Waals surface area contributed by atoms with E-state index in [0.717, 1.165) is 22.7 Å². The number of benzene rings is 2. The molecule has 1 aliphatic rings. The quantitative estimate of drug-likeness (QED) is 0.669. The van der Waals surface area contributed by atoms with E-state index in [1.54, 1.807) is 20.8 Å². The van der Waals surface area contributed by atoms with Crippen LogP contribution in [0, 0.1) is 0 Å². The van der Waals surface area contributed by atoms with Crippen molar-refractivity contribution in [2.45, 2.75) is 39.4 Å². The minimum absolute atomic E-state index is 0.000328. The van der Waals surface area contributed by atoms with Crippen LogP contribution in [0.3, 0.4) is 0 Å². The number of nitrogens with zero attached hydrogens (tertiary/aromatic N) is 2. The Morgan fingerprint density at radius 2 is 1.93 bits per heavy atom. The number of ether oxygens (including phenoxy) is 2. The fraction of sp³-hybridized carbons (Fsp3) is 0.364. The van der Waals surface area contributed by atoms with Crippen molar-refractivity contribution in [1.29, 1.82) is 0 Å². The maximum absolute atomic E-state index is 12.3. The fourth-order valence-electron chi connectivity index (χ4n) is 3.21. The van der Waals surface area contributed by atoms with Gasteiger partial charge in [-0.2, -0.15) is 0 Å². The molecule has 160 valence electrons. The molecule has 0 bridgehead atoms. The van der Waals surface area contributed by atoms with Crippen LogP contribution in [0.1, 0.15) is 32.8 Å². The lowest BCUT2D eigenvalue weighted by Crippen LogP contribution is -2.41. The highest BCUT2D eigenvalue weighted by molar-refractivity contribution is 6.30. The van der Waals surface area contributed by atoms with E-state index in [9.17, 15) is 14.7 Å². The predicted molar refractivity (Wildman–Crippen MR) is 115 cm³/mol. The maximum atomic E-state index is 12.3. The monoisotopic (exact) mass is 432 g/mol. The van der Waals surface area contributed by atoms with Crippen molar-refractivity contribution < 1.29 is 24.2 Å². The second-order valence-corrected chi connectivity index (χ2v) is 8.39. The average Bonchev–Trinajstić information content (AvgIpc) is 2.80. The lowest BCUT2D eigenvalue weighted by atomic mass is 10.1. The van der Waals surface area contributed by atoms with Gasteiger partial charge in [-0.25, -0.2) is 14.5 Å². The van der Waals surface area contributed by atoms with Gasteiger partial charge in [-0.3, -0.25) is 0 Å². The number of amides is 2. The minimum Gasteiger partial charge on any atom is -0.487 e. The molecular formula is C22H25ClN2O5. The van der Waals surface area contributed by atoms with Gasteiger partial charge in [0.1, 0.15) is 18.0 Å². The largest absolute Gasteiger partial charge is 0.487 e. The molecule has 0 aromatic heterocycles. The number of carboxylic acid groups (broad SMARTS) is 1. The Balaban J connectivity index is 1.81. The van der Waals surface area contributed by atoms with Crippen LogP contribution in [0.5, 0.6) is 5.75 Å². The molecule has 0 saturated carbocycles. The van der Waals surface area contributed by atoms with Crippen LogP contribution in [-0.4, -0.2) is 40.9 Å². The van der Waals surface area contributed by atoms with Gasteiger partial charge in [-0.05, 0) is 51.5 Å². The molecule has 0 spiro atoms. The molecule has 2 amide bonds. The van der Waals surface area contributed by atoms with E-state index in [4.69, 9.17) is 21.1 Å². The van der Waals surface area contributed by atoms with E-state index < -0.39 is 17.8 Å². The number of hydrogen-bond donors (Lipinski definition) is 1. The first-order valence-corrected chi connectivity index (χ1v) is 10.0. The summed E-state index contributed by atoms with van der Waals surface area (Å²) in [6.45, 7) is 5.94. The molecule has 1 aliphatic heterocycles. The zero-order valence-corrected chi connectivity index (χ0v) is 18.0. The molecule has 0 fully saturated rings. The molecule has 0 atom stereocenters. The van der Waals surface area contributed by atoms with Crippen LogP contribution in [0.25, 0.3) is 0 Å². The highest BCUT2D eigenvalue weighted by atomic mass is 35.5. The Morgan fingerprint density at radius 3 is 2.63 bits per heavy atom. The molecule has 0 aliphatic carbocycles. The maximum Gasteiger partial charge on any atom is 0.419 e. The number of imide groups is 1. The smallest absolute Gasteiger partial charge is 0.419 e. The van der Waals surface area contributed by atoms with Gasteiger partial charge >= 0.3 is 12.2 Å². The SMILES string of the molecule is CC(C)(C)OC(=O)N(CCCN1c2cc(Cl)ccc2COc2ccccc21)C(=O)O. The summed E-state index contributed by atoms with van der Waals surface area (Å²) in [5, 5.41) is 10.0. The Labute approximate surface area is 180 Å². The van der Waals surface area contributed by atoms with Crippen molar-refractivity contribution in [3.05, 3.63) is 53.1 Å². The number of anilines is 2. The summed E-state index contributed by atoms with van der Waals surface area (Å²) in [5.41, 5.74) is 1.95. The molecule has 1 heterocycles. The third-order valence-corrected chi connectivity index (χ3v) is 4.72. The zero-order valence-electron chi connectivity index (χ0n) is 17.2. The van der Waals surface area contributed by atoms with Crippen molar-refractivity contribution in [2.75, 3.05) is 18.0 Å². The summed E-state index contributed by atoms with van der Waals surface area (Å²) >= 11 is 6.24. The molecule has 30 heavy (non-hydrogen) atoms. The van der Waals surface area contributed by atoms with E-state index in [0.29, 0.717) is 29.5 Å². The van der Waals surface area contributed by atoms with Gasteiger partial charge in [0.25, 0.3) is 0 Å². The molecule has 2 aromatic rings. The second-order valence-electron chi connectivity index (χ2n) is 7.95. The summed E-state index contributed by atoms with van der Waals surface area (Å²) in [6.07, 6.45) is -1.82. The number of rotatable bonds is 4. The standard InChI is InChI=1S/C22H25ClN2O5/c1-22(2,3)30-21(28)25(20(26)27)12-6-11-24-17-7-4-5-8-19(17)29-14-15-9-10-16(23)13-18(15)24/h4-5,7-10,13H,6,11-12,14H2,1-3H3,(H,26,27). The van der Waals surface area contributed by atoms with Crippen LogP contribution >= 0.6 is 11.6 Å². The number of hydrogen-bond acceptors (Lipinski definition) is 5. The average molecular weight is 433 g/mol. The molecular weight excluding hydrogens is 408 g/mol. The first kappa shape index (κ1) is 21.8. The Hall–Kier alpha value is -2.93. The summed E-state index contributed by atoms with van der Waals surface area (Å²) in [6, 6.07) is 13.2. The van der Waals surface area contributed by atoms with Gasteiger partial charge in [-0.1, -0.05) is 29.8 Å². The summed E-state index contributed by atoms with van der Waals surface area (Å²) in [4.78, 5) is 26.6. The number of fused-ring (bicyclic) bond motifs is 2. The third kappa shape index (κ3) is 5.16. The van der Waals surface area contributed by atoms with Crippen LogP contribution < -0.4 is 9.64 Å². The highest BCUT2D eigenvalue weighted by Gasteiger charge is 2.27. The van der Waals surface area contributed by atoms with Gasteiger partial charge in [0.05, 0.1) is 5.69 Å². The van der Waals surface area contributed by atoms with Crippen LogP contribution in [0.4, 0.5) is 21.0 Å². The van der Waals surface area contributed by atoms with E-state index in [1.165, 1.54) is 0 Å². The number of carbonyl (C=O) groups is 2. The van der Waals surface area contributed by atoms with Crippen LogP contribution in [0.2, 0.25) is 5.02 Å². The number of para-hydroxylation sites is 2. The van der Waals surface area contributed by atoms with Crippen molar-refractivity contribution in [3.63, 3.8) is 0 Å². The zero-order chi connectivity index (χ0) is 21.9. The van der Waals surface area contributed by atoms with Gasteiger partial charge in [0.15, 0.2) is 0 Å². The highest BCUT2D eigenvalue weighted by Crippen LogP contribution is 2.40. The van der Waals surface area contributed by atoms with Crippen LogP contribution in [0.15, 0.2) is 42.5 Å². The van der Waals surface area contributed by atoms with Crippen molar-refractivity contribution in [1.82, 2.24) is 4.90 Å². The molecule has 7 nitrogen and oxygen atoms in total. The number of halogens is 1. The molecule has 8 heteroatoms. The Bertz CT molecular complexity index is 941. The van der Waals surface area contributed by atoms with Crippen molar-refractivity contribution in [3.8, 4) is 5.75 Å². The molecule has 0 unspecified atom stereocenters. The molecule has 0 radical (unpaired) electrons. The van der Waals surface area contributed by atoms with Gasteiger partial charge < -0.3 is 19.5 Å². The Morgan fingerprint density at radius 1 is 1.20 bits per heavy atom. The van der Waals surface area contributed by atoms with Crippen molar-refractivity contribution >= 4 is 35.2 Å². The summed E-state index contributed by atoms with van der Waals surface area (Å²) in [7, 11) is 0. The summed E-state index contributed by atoms with van der Waals surface area (Å²) < 4.78 is 11.1. The van der Waals surface area contributed by atoms with Gasteiger partial charge in [0, 0.05) is 29.4 Å². The lowest BCUT2D eigenvalue weighted by molar-refractivity contribution is 0.0269. The number of carbonyl (C=O) groups excluding carboxylic acids is 1. The minimum atomic E-state index is -1.34. The molecule has 0 saturated heterocycles. The van der Waals surface area contributed by atoms with Gasteiger partial charge in [-0.15, -0.1) is 0 Å². The van der Waals surface area contributed by atoms with E-state index >= 15 is 0 Å². The fourth-order valence-corrected chi connectivity index (χ4v) is 3.37. The van der Waals surface area contributed by atoms with Crippen molar-refractivity contribution in [2.24, 2.45) is 0 Å². The third-order valence-electron chi connectivity index (χ3n) is 4.49. The second kappa shape index (κ2) is 8.83. The first-order valence-electron chi connectivity index (χ1n) is 9.67. The molecule has 2 aromatic carbocycles. The predicted octanol–water partition coefficient (Wildman–Crippen LogP) is 5.68.